The Kier molecular flexibility index (Phi) is 4.65. The predicted octanol–water partition coefficient (Wildman–Crippen LogP) is 4.77. The molecule has 120 valence electrons. The first kappa shape index (κ1) is 15.6. The summed E-state index contributed by atoms with van der Waals surface area (Å²) in [5.74, 6) is 0.227. The van der Waals surface area contributed by atoms with Crippen LogP contribution in [0.2, 0.25) is 0 Å². The van der Waals surface area contributed by atoms with Gasteiger partial charge in [-0.1, -0.05) is 43.3 Å². The summed E-state index contributed by atoms with van der Waals surface area (Å²) in [7, 11) is 0. The van der Waals surface area contributed by atoms with Crippen molar-refractivity contribution in [3.05, 3.63) is 60.2 Å². The number of amides is 1. The van der Waals surface area contributed by atoms with Crippen molar-refractivity contribution in [2.45, 2.75) is 45.2 Å². The standard InChI is InChI=1S/C20H24N2O/c1-3-9-20(23)22-15(2)14-18(17-12-7-8-13-19(17)22)21-16-10-5-4-6-11-16/h4-8,10-13,15,18,21H,3,9,14H2,1-2H3/t15-,18+/m1/s1. The van der Waals surface area contributed by atoms with Crippen molar-refractivity contribution in [1.82, 2.24) is 0 Å². The molecule has 2 aromatic rings. The van der Waals surface area contributed by atoms with Gasteiger partial charge in [-0.05, 0) is 43.5 Å². The number of nitrogens with zero attached hydrogens (tertiary/aromatic N) is 1. The van der Waals surface area contributed by atoms with Gasteiger partial charge in [0.25, 0.3) is 0 Å². The Labute approximate surface area is 138 Å². The lowest BCUT2D eigenvalue weighted by Gasteiger charge is -2.40. The molecule has 0 fully saturated rings. The van der Waals surface area contributed by atoms with Crippen LogP contribution in [-0.4, -0.2) is 11.9 Å². The number of benzene rings is 2. The molecule has 1 N–H and O–H groups in total. The fraction of sp³-hybridized carbons (Fsp3) is 0.350. The van der Waals surface area contributed by atoms with Gasteiger partial charge in [0.15, 0.2) is 0 Å². The summed E-state index contributed by atoms with van der Waals surface area (Å²) in [6.07, 6.45) is 2.41. The summed E-state index contributed by atoms with van der Waals surface area (Å²) < 4.78 is 0. The van der Waals surface area contributed by atoms with Gasteiger partial charge in [-0.3, -0.25) is 4.79 Å². The van der Waals surface area contributed by atoms with E-state index in [1.807, 2.05) is 29.2 Å². The van der Waals surface area contributed by atoms with E-state index in [-0.39, 0.29) is 18.0 Å². The number of para-hydroxylation sites is 2. The number of carbonyl (C=O) groups excluding carboxylic acids is 1. The van der Waals surface area contributed by atoms with Gasteiger partial charge in [-0.15, -0.1) is 0 Å². The Morgan fingerprint density at radius 1 is 1.13 bits per heavy atom. The van der Waals surface area contributed by atoms with E-state index in [9.17, 15) is 4.79 Å². The third kappa shape index (κ3) is 3.24. The second-order valence-electron chi connectivity index (χ2n) is 6.22. The minimum Gasteiger partial charge on any atom is -0.378 e. The third-order valence-electron chi connectivity index (χ3n) is 4.44. The second kappa shape index (κ2) is 6.86. The van der Waals surface area contributed by atoms with Crippen LogP contribution >= 0.6 is 0 Å². The Balaban J connectivity index is 1.92. The van der Waals surface area contributed by atoms with Gasteiger partial charge in [-0.25, -0.2) is 0 Å². The SMILES string of the molecule is CCCC(=O)N1c2ccccc2[C@@H](Nc2ccccc2)C[C@H]1C. The summed E-state index contributed by atoms with van der Waals surface area (Å²) in [6.45, 7) is 4.20. The maximum absolute atomic E-state index is 12.5. The molecule has 1 aliphatic rings. The zero-order valence-corrected chi connectivity index (χ0v) is 13.8. The Bertz CT molecular complexity index is 668. The summed E-state index contributed by atoms with van der Waals surface area (Å²) in [5, 5.41) is 3.62. The number of anilines is 2. The van der Waals surface area contributed by atoms with Gasteiger partial charge < -0.3 is 10.2 Å². The van der Waals surface area contributed by atoms with Gasteiger partial charge in [0.2, 0.25) is 5.91 Å². The first-order chi connectivity index (χ1) is 11.2. The molecule has 2 atom stereocenters. The molecule has 3 heteroatoms. The fourth-order valence-electron chi connectivity index (χ4n) is 3.40. The molecule has 1 heterocycles. The molecule has 0 radical (unpaired) electrons. The van der Waals surface area contributed by atoms with Crippen LogP contribution < -0.4 is 10.2 Å². The van der Waals surface area contributed by atoms with Crippen molar-refractivity contribution in [3.8, 4) is 0 Å². The van der Waals surface area contributed by atoms with Crippen LogP contribution in [0.3, 0.4) is 0 Å². The van der Waals surface area contributed by atoms with Crippen LogP contribution in [0.15, 0.2) is 54.6 Å². The summed E-state index contributed by atoms with van der Waals surface area (Å²) in [5.41, 5.74) is 3.38. The zero-order valence-electron chi connectivity index (χ0n) is 13.8. The molecule has 23 heavy (non-hydrogen) atoms. The van der Waals surface area contributed by atoms with Gasteiger partial charge in [-0.2, -0.15) is 0 Å². The zero-order chi connectivity index (χ0) is 16.2. The van der Waals surface area contributed by atoms with E-state index < -0.39 is 0 Å². The third-order valence-corrected chi connectivity index (χ3v) is 4.44. The van der Waals surface area contributed by atoms with Crippen LogP contribution in [0.25, 0.3) is 0 Å². The Hall–Kier alpha value is -2.29. The fourth-order valence-corrected chi connectivity index (χ4v) is 3.40. The normalized spacial score (nSPS) is 20.0. The maximum Gasteiger partial charge on any atom is 0.227 e. The van der Waals surface area contributed by atoms with Crippen LogP contribution in [0, 0.1) is 0 Å². The number of rotatable bonds is 4. The smallest absolute Gasteiger partial charge is 0.227 e. The van der Waals surface area contributed by atoms with Gasteiger partial charge in [0, 0.05) is 23.8 Å². The highest BCUT2D eigenvalue weighted by Gasteiger charge is 2.32. The van der Waals surface area contributed by atoms with E-state index in [2.05, 4.69) is 49.5 Å². The van der Waals surface area contributed by atoms with Crippen molar-refractivity contribution < 1.29 is 4.79 Å². The number of hydrogen-bond acceptors (Lipinski definition) is 2. The topological polar surface area (TPSA) is 32.3 Å². The first-order valence-electron chi connectivity index (χ1n) is 8.43. The van der Waals surface area contributed by atoms with Gasteiger partial charge in [0.1, 0.15) is 0 Å². The molecule has 3 nitrogen and oxygen atoms in total. The van der Waals surface area contributed by atoms with E-state index in [1.165, 1.54) is 5.56 Å². The molecule has 0 saturated heterocycles. The highest BCUT2D eigenvalue weighted by atomic mass is 16.2. The lowest BCUT2D eigenvalue weighted by Crippen LogP contribution is -2.44. The van der Waals surface area contributed by atoms with Crippen LogP contribution in [0.1, 0.15) is 44.7 Å². The lowest BCUT2D eigenvalue weighted by atomic mass is 9.91. The maximum atomic E-state index is 12.5. The van der Waals surface area contributed by atoms with Crippen molar-refractivity contribution in [2.24, 2.45) is 0 Å². The molecule has 1 aliphatic heterocycles. The lowest BCUT2D eigenvalue weighted by molar-refractivity contribution is -0.119. The van der Waals surface area contributed by atoms with Crippen molar-refractivity contribution in [3.63, 3.8) is 0 Å². The van der Waals surface area contributed by atoms with E-state index in [1.54, 1.807) is 0 Å². The van der Waals surface area contributed by atoms with Gasteiger partial charge >= 0.3 is 0 Å². The number of fused-ring (bicyclic) bond motifs is 1. The summed E-state index contributed by atoms with van der Waals surface area (Å²) in [4.78, 5) is 14.5. The van der Waals surface area contributed by atoms with Crippen molar-refractivity contribution in [1.29, 1.82) is 0 Å². The molecular weight excluding hydrogens is 284 g/mol. The molecule has 0 aromatic heterocycles. The van der Waals surface area contributed by atoms with Crippen molar-refractivity contribution >= 4 is 17.3 Å². The highest BCUT2D eigenvalue weighted by Crippen LogP contribution is 2.39. The number of carbonyl (C=O) groups is 1. The molecule has 0 saturated carbocycles. The molecule has 1 amide bonds. The summed E-state index contributed by atoms with van der Waals surface area (Å²) in [6, 6.07) is 19.0. The molecule has 0 aliphatic carbocycles. The molecular formula is C20H24N2O. The minimum atomic E-state index is 0.199. The van der Waals surface area contributed by atoms with E-state index in [0.29, 0.717) is 6.42 Å². The van der Waals surface area contributed by atoms with Crippen LogP contribution in [0.5, 0.6) is 0 Å². The monoisotopic (exact) mass is 308 g/mol. The molecule has 0 bridgehead atoms. The van der Waals surface area contributed by atoms with Crippen LogP contribution in [0.4, 0.5) is 11.4 Å². The Morgan fingerprint density at radius 2 is 1.83 bits per heavy atom. The highest BCUT2D eigenvalue weighted by molar-refractivity contribution is 5.95. The average molecular weight is 308 g/mol. The Morgan fingerprint density at radius 3 is 2.57 bits per heavy atom. The molecule has 0 unspecified atom stereocenters. The average Bonchev–Trinajstić information content (AvgIpc) is 2.56. The molecule has 3 rings (SSSR count). The first-order valence-corrected chi connectivity index (χ1v) is 8.43. The number of hydrogen-bond donors (Lipinski definition) is 1. The number of nitrogens with one attached hydrogen (secondary N) is 1. The summed E-state index contributed by atoms with van der Waals surface area (Å²) >= 11 is 0. The van der Waals surface area contributed by atoms with E-state index >= 15 is 0 Å². The van der Waals surface area contributed by atoms with E-state index in [4.69, 9.17) is 0 Å². The largest absolute Gasteiger partial charge is 0.378 e. The molecule has 2 aromatic carbocycles. The second-order valence-corrected chi connectivity index (χ2v) is 6.22. The van der Waals surface area contributed by atoms with Crippen molar-refractivity contribution in [2.75, 3.05) is 10.2 Å². The predicted molar refractivity (Wildman–Crippen MR) is 95.7 cm³/mol. The quantitative estimate of drug-likeness (QED) is 0.882. The molecule has 0 spiro atoms. The minimum absolute atomic E-state index is 0.199. The van der Waals surface area contributed by atoms with E-state index in [0.717, 1.165) is 24.2 Å². The van der Waals surface area contributed by atoms with Crippen LogP contribution in [-0.2, 0) is 4.79 Å². The van der Waals surface area contributed by atoms with Gasteiger partial charge in [0.05, 0.1) is 6.04 Å².